The number of rotatable bonds is 7. The topological polar surface area (TPSA) is 66.0 Å². The second-order valence-corrected chi connectivity index (χ2v) is 6.66. The van der Waals surface area contributed by atoms with Gasteiger partial charge in [-0.05, 0) is 43.4 Å². The molecule has 1 aliphatic carbocycles. The second kappa shape index (κ2) is 9.51. The van der Waals surface area contributed by atoms with Gasteiger partial charge in [-0.15, -0.1) is 0 Å². The standard InChI is InChI=1S/C18H27ClN4O2/c1-4-25-18(24)22-16(14-8-9-14)11-21-17(20-2)23(3)12-13-6-5-7-15(19)10-13/h5-7,10,14,16H,4,8-9,11-12H2,1-3H3,(H,20,21)(H,22,24). The molecule has 6 nitrogen and oxygen atoms in total. The zero-order valence-electron chi connectivity index (χ0n) is 15.1. The molecule has 25 heavy (non-hydrogen) atoms. The predicted molar refractivity (Wildman–Crippen MR) is 101 cm³/mol. The number of carbonyl (C=O) groups excluding carboxylic acids is 1. The second-order valence-electron chi connectivity index (χ2n) is 6.22. The number of ether oxygens (including phenoxy) is 1. The number of guanidine groups is 1. The van der Waals surface area contributed by atoms with Crippen LogP contribution in [0.2, 0.25) is 5.02 Å². The lowest BCUT2D eigenvalue weighted by molar-refractivity contribution is 0.146. The molecule has 1 unspecified atom stereocenters. The molecule has 0 bridgehead atoms. The molecule has 1 aromatic carbocycles. The highest BCUT2D eigenvalue weighted by Crippen LogP contribution is 2.32. The van der Waals surface area contributed by atoms with Crippen molar-refractivity contribution in [3.63, 3.8) is 0 Å². The fourth-order valence-corrected chi connectivity index (χ4v) is 2.94. The lowest BCUT2D eigenvalue weighted by atomic mass is 10.2. The van der Waals surface area contributed by atoms with E-state index in [0.29, 0.717) is 25.6 Å². The Hall–Kier alpha value is -1.95. The molecule has 0 saturated heterocycles. The highest BCUT2D eigenvalue weighted by molar-refractivity contribution is 6.30. The summed E-state index contributed by atoms with van der Waals surface area (Å²) in [7, 11) is 3.73. The van der Waals surface area contributed by atoms with Gasteiger partial charge in [-0.25, -0.2) is 4.79 Å². The monoisotopic (exact) mass is 366 g/mol. The van der Waals surface area contributed by atoms with Gasteiger partial charge in [0.2, 0.25) is 0 Å². The van der Waals surface area contributed by atoms with Crippen LogP contribution < -0.4 is 10.6 Å². The van der Waals surface area contributed by atoms with Gasteiger partial charge in [-0.3, -0.25) is 4.99 Å². The van der Waals surface area contributed by atoms with Crippen molar-refractivity contribution in [1.29, 1.82) is 0 Å². The van der Waals surface area contributed by atoms with Gasteiger partial charge in [-0.1, -0.05) is 23.7 Å². The Balaban J connectivity index is 1.88. The molecule has 1 atom stereocenters. The summed E-state index contributed by atoms with van der Waals surface area (Å²) in [6.45, 7) is 3.49. The van der Waals surface area contributed by atoms with E-state index in [-0.39, 0.29) is 12.1 Å². The number of carbonyl (C=O) groups is 1. The molecule has 7 heteroatoms. The van der Waals surface area contributed by atoms with Gasteiger partial charge in [0.15, 0.2) is 5.96 Å². The number of hydrogen-bond donors (Lipinski definition) is 2. The van der Waals surface area contributed by atoms with Crippen LogP contribution in [0.25, 0.3) is 0 Å². The van der Waals surface area contributed by atoms with E-state index in [1.54, 1.807) is 14.0 Å². The Bertz CT molecular complexity index is 604. The lowest BCUT2D eigenvalue weighted by Gasteiger charge is -2.25. The predicted octanol–water partition coefficient (Wildman–Crippen LogP) is 2.87. The molecule has 1 aliphatic rings. The number of benzene rings is 1. The van der Waals surface area contributed by atoms with Gasteiger partial charge in [0.05, 0.1) is 12.6 Å². The first kappa shape index (κ1) is 19.4. The molecule has 1 saturated carbocycles. The van der Waals surface area contributed by atoms with Crippen LogP contribution >= 0.6 is 11.6 Å². The Kier molecular flexibility index (Phi) is 7.37. The molecule has 0 spiro atoms. The molecular weight excluding hydrogens is 340 g/mol. The summed E-state index contributed by atoms with van der Waals surface area (Å²) in [5.41, 5.74) is 1.11. The summed E-state index contributed by atoms with van der Waals surface area (Å²) in [6.07, 6.45) is 1.91. The van der Waals surface area contributed by atoms with Crippen molar-refractivity contribution in [3.05, 3.63) is 34.9 Å². The van der Waals surface area contributed by atoms with Gasteiger partial charge in [0.1, 0.15) is 0 Å². The molecule has 138 valence electrons. The maximum atomic E-state index is 11.7. The Morgan fingerprint density at radius 3 is 2.84 bits per heavy atom. The zero-order valence-corrected chi connectivity index (χ0v) is 15.8. The maximum Gasteiger partial charge on any atom is 0.407 e. The van der Waals surface area contributed by atoms with Crippen molar-refractivity contribution in [2.24, 2.45) is 10.9 Å². The van der Waals surface area contributed by atoms with E-state index >= 15 is 0 Å². The van der Waals surface area contributed by atoms with Crippen LogP contribution in [0.3, 0.4) is 0 Å². The first-order valence-electron chi connectivity index (χ1n) is 8.63. The minimum Gasteiger partial charge on any atom is -0.450 e. The zero-order chi connectivity index (χ0) is 18.2. The van der Waals surface area contributed by atoms with Crippen molar-refractivity contribution in [2.45, 2.75) is 32.4 Å². The number of aliphatic imine (C=N–C) groups is 1. The third-order valence-electron chi connectivity index (χ3n) is 4.13. The maximum absolute atomic E-state index is 11.7. The summed E-state index contributed by atoms with van der Waals surface area (Å²) < 4.78 is 4.99. The van der Waals surface area contributed by atoms with Gasteiger partial charge in [0, 0.05) is 32.2 Å². The van der Waals surface area contributed by atoms with Crippen LogP contribution in [0, 0.1) is 5.92 Å². The largest absolute Gasteiger partial charge is 0.450 e. The minimum absolute atomic E-state index is 0.0513. The third kappa shape index (κ3) is 6.46. The van der Waals surface area contributed by atoms with Gasteiger partial charge in [-0.2, -0.15) is 0 Å². The smallest absolute Gasteiger partial charge is 0.407 e. The highest BCUT2D eigenvalue weighted by atomic mass is 35.5. The molecular formula is C18H27ClN4O2. The number of nitrogens with one attached hydrogen (secondary N) is 2. The summed E-state index contributed by atoms with van der Waals surface area (Å²) in [5.74, 6) is 1.28. The molecule has 0 radical (unpaired) electrons. The van der Waals surface area contributed by atoms with Gasteiger partial charge >= 0.3 is 6.09 Å². The molecule has 1 aromatic rings. The van der Waals surface area contributed by atoms with Crippen LogP contribution in [0.4, 0.5) is 4.79 Å². The minimum atomic E-state index is -0.358. The normalized spacial score (nSPS) is 15.4. The number of hydrogen-bond acceptors (Lipinski definition) is 3. The van der Waals surface area contributed by atoms with Gasteiger partial charge in [0.25, 0.3) is 0 Å². The van der Waals surface area contributed by atoms with Crippen LogP contribution in [0.5, 0.6) is 0 Å². The van der Waals surface area contributed by atoms with Gasteiger partial charge < -0.3 is 20.3 Å². The first-order chi connectivity index (χ1) is 12.0. The Morgan fingerprint density at radius 1 is 1.48 bits per heavy atom. The van der Waals surface area contributed by atoms with E-state index in [4.69, 9.17) is 16.3 Å². The van der Waals surface area contributed by atoms with Crippen molar-refractivity contribution in [2.75, 3.05) is 27.2 Å². The van der Waals surface area contributed by atoms with E-state index in [9.17, 15) is 4.79 Å². The molecule has 0 aliphatic heterocycles. The van der Waals surface area contributed by atoms with Crippen LogP contribution in [-0.2, 0) is 11.3 Å². The number of halogens is 1. The van der Waals surface area contributed by atoms with Crippen LogP contribution in [-0.4, -0.2) is 50.2 Å². The lowest BCUT2D eigenvalue weighted by Crippen LogP contribution is -2.48. The van der Waals surface area contributed by atoms with Crippen LogP contribution in [0.15, 0.2) is 29.3 Å². The fraction of sp³-hybridized carbons (Fsp3) is 0.556. The van der Waals surface area contributed by atoms with Crippen molar-refractivity contribution in [3.8, 4) is 0 Å². The molecule has 0 heterocycles. The van der Waals surface area contributed by atoms with E-state index in [0.717, 1.165) is 29.4 Å². The molecule has 1 fully saturated rings. The van der Waals surface area contributed by atoms with E-state index in [1.807, 2.05) is 36.2 Å². The fourth-order valence-electron chi connectivity index (χ4n) is 2.73. The molecule has 2 N–H and O–H groups in total. The summed E-state index contributed by atoms with van der Waals surface area (Å²) in [4.78, 5) is 18.0. The quantitative estimate of drug-likeness (QED) is 0.575. The highest BCUT2D eigenvalue weighted by Gasteiger charge is 2.32. The third-order valence-corrected chi connectivity index (χ3v) is 4.37. The summed E-state index contributed by atoms with van der Waals surface area (Å²) >= 11 is 6.04. The van der Waals surface area contributed by atoms with E-state index < -0.39 is 0 Å². The van der Waals surface area contributed by atoms with Crippen molar-refractivity contribution in [1.82, 2.24) is 15.5 Å². The number of amides is 1. The SMILES string of the molecule is CCOC(=O)NC(CNC(=NC)N(C)Cc1cccc(Cl)c1)C1CC1. The molecule has 1 amide bonds. The average Bonchev–Trinajstić information content (AvgIpc) is 3.39. The first-order valence-corrected chi connectivity index (χ1v) is 9.00. The van der Waals surface area contributed by atoms with E-state index in [1.165, 1.54) is 0 Å². The Labute approximate surface area is 154 Å². The molecule has 2 rings (SSSR count). The van der Waals surface area contributed by atoms with Crippen LogP contribution in [0.1, 0.15) is 25.3 Å². The molecule has 0 aromatic heterocycles. The number of nitrogens with zero attached hydrogens (tertiary/aromatic N) is 2. The van der Waals surface area contributed by atoms with Crippen molar-refractivity contribution < 1.29 is 9.53 Å². The average molecular weight is 367 g/mol. The Morgan fingerprint density at radius 2 is 2.24 bits per heavy atom. The number of alkyl carbamates (subject to hydrolysis) is 1. The summed E-state index contributed by atoms with van der Waals surface area (Å²) in [6, 6.07) is 7.83. The summed E-state index contributed by atoms with van der Waals surface area (Å²) in [5, 5.41) is 7.01. The van der Waals surface area contributed by atoms with Crippen molar-refractivity contribution >= 4 is 23.7 Å². The van der Waals surface area contributed by atoms with E-state index in [2.05, 4.69) is 15.6 Å².